The van der Waals surface area contributed by atoms with Crippen LogP contribution >= 0.6 is 0 Å². The summed E-state index contributed by atoms with van der Waals surface area (Å²) in [6.45, 7) is 2.50. The number of hydrogen-bond acceptors (Lipinski definition) is 3. The number of piperidine rings is 1. The van der Waals surface area contributed by atoms with Crippen molar-refractivity contribution in [2.75, 3.05) is 13.1 Å². The van der Waals surface area contributed by atoms with E-state index < -0.39 is 17.8 Å². The second-order valence-corrected chi connectivity index (χ2v) is 4.10. The lowest BCUT2D eigenvalue weighted by molar-refractivity contribution is -0.141. The fourth-order valence-corrected chi connectivity index (χ4v) is 1.51. The van der Waals surface area contributed by atoms with Crippen molar-refractivity contribution in [1.29, 1.82) is 0 Å². The molecule has 1 aliphatic heterocycles. The number of halogens is 3. The standard InChI is InChI=1S/C7H5F3N2O.C5H11N/c8-7(9,10)5-2-1-4(3-12-5)6(11)13;1-2-4-6-5-3-1/h1-3H,(H2,11,13);6H,1-5H2. The number of amides is 1. The number of alkyl halides is 3. The highest BCUT2D eigenvalue weighted by atomic mass is 19.4. The zero-order valence-electron chi connectivity index (χ0n) is 10.3. The molecule has 0 aromatic carbocycles. The first-order valence-electron chi connectivity index (χ1n) is 5.95. The Labute approximate surface area is 109 Å². The molecule has 3 N–H and O–H groups in total. The molecule has 2 rings (SSSR count). The van der Waals surface area contributed by atoms with E-state index in [1.54, 1.807) is 0 Å². The maximum atomic E-state index is 11.9. The van der Waals surface area contributed by atoms with Crippen molar-refractivity contribution in [3.8, 4) is 0 Å². The van der Waals surface area contributed by atoms with Gasteiger partial charge >= 0.3 is 6.18 Å². The number of hydrogen-bond donors (Lipinski definition) is 2. The Balaban J connectivity index is 0.000000250. The summed E-state index contributed by atoms with van der Waals surface area (Å²) in [6, 6.07) is 1.69. The molecule has 1 fully saturated rings. The molecule has 0 unspecified atom stereocenters. The van der Waals surface area contributed by atoms with Crippen LogP contribution in [0.1, 0.15) is 35.3 Å². The summed E-state index contributed by atoms with van der Waals surface area (Å²) in [5.41, 5.74) is 3.72. The SMILES string of the molecule is C1CCNCC1.NC(=O)c1ccc(C(F)(F)F)nc1. The molecular weight excluding hydrogens is 259 g/mol. The summed E-state index contributed by atoms with van der Waals surface area (Å²) >= 11 is 0. The molecule has 1 saturated heterocycles. The molecule has 1 amide bonds. The number of carbonyl (C=O) groups excluding carboxylic acids is 1. The molecule has 19 heavy (non-hydrogen) atoms. The van der Waals surface area contributed by atoms with E-state index in [1.165, 1.54) is 32.4 Å². The third-order valence-electron chi connectivity index (χ3n) is 2.55. The molecule has 4 nitrogen and oxygen atoms in total. The monoisotopic (exact) mass is 275 g/mol. The molecule has 0 atom stereocenters. The Morgan fingerprint density at radius 1 is 1.21 bits per heavy atom. The van der Waals surface area contributed by atoms with Crippen molar-refractivity contribution >= 4 is 5.91 Å². The first-order valence-corrected chi connectivity index (χ1v) is 5.95. The Hall–Kier alpha value is -1.63. The normalized spacial score (nSPS) is 15.3. The number of aromatic nitrogens is 1. The lowest BCUT2D eigenvalue weighted by Crippen LogP contribution is -2.21. The number of rotatable bonds is 1. The smallest absolute Gasteiger partial charge is 0.366 e. The highest BCUT2D eigenvalue weighted by molar-refractivity contribution is 5.92. The van der Waals surface area contributed by atoms with Crippen LogP contribution in [0, 0.1) is 0 Å². The van der Waals surface area contributed by atoms with Crippen LogP contribution in [0.4, 0.5) is 13.2 Å². The minimum atomic E-state index is -4.49. The van der Waals surface area contributed by atoms with Crippen molar-refractivity contribution in [1.82, 2.24) is 10.3 Å². The zero-order chi connectivity index (χ0) is 14.3. The number of primary amides is 1. The maximum Gasteiger partial charge on any atom is 0.433 e. The number of carbonyl (C=O) groups is 1. The molecule has 106 valence electrons. The first kappa shape index (κ1) is 15.4. The van der Waals surface area contributed by atoms with E-state index in [0.29, 0.717) is 6.07 Å². The predicted octanol–water partition coefficient (Wildman–Crippen LogP) is 1.96. The Morgan fingerprint density at radius 2 is 1.84 bits per heavy atom. The number of nitrogens with zero attached hydrogens (tertiary/aromatic N) is 1. The average molecular weight is 275 g/mol. The minimum absolute atomic E-state index is 0.0481. The largest absolute Gasteiger partial charge is 0.433 e. The fourth-order valence-electron chi connectivity index (χ4n) is 1.51. The summed E-state index contributed by atoms with van der Waals surface area (Å²) in [6.07, 6.45) is 0.522. The second kappa shape index (κ2) is 7.08. The van der Waals surface area contributed by atoms with Crippen LogP contribution in [-0.4, -0.2) is 24.0 Å². The van der Waals surface area contributed by atoms with Crippen LogP contribution in [-0.2, 0) is 6.18 Å². The van der Waals surface area contributed by atoms with Gasteiger partial charge in [-0.05, 0) is 38.1 Å². The molecule has 1 aromatic heterocycles. The second-order valence-electron chi connectivity index (χ2n) is 4.10. The van der Waals surface area contributed by atoms with Crippen molar-refractivity contribution < 1.29 is 18.0 Å². The highest BCUT2D eigenvalue weighted by Crippen LogP contribution is 2.26. The molecule has 2 heterocycles. The van der Waals surface area contributed by atoms with Gasteiger partial charge < -0.3 is 11.1 Å². The lowest BCUT2D eigenvalue weighted by atomic mass is 10.2. The lowest BCUT2D eigenvalue weighted by Gasteiger charge is -2.08. The third-order valence-corrected chi connectivity index (χ3v) is 2.55. The molecule has 1 aromatic rings. The van der Waals surface area contributed by atoms with E-state index in [-0.39, 0.29) is 5.56 Å². The first-order chi connectivity index (χ1) is 8.91. The Morgan fingerprint density at radius 3 is 2.11 bits per heavy atom. The van der Waals surface area contributed by atoms with E-state index >= 15 is 0 Å². The molecule has 0 spiro atoms. The zero-order valence-corrected chi connectivity index (χ0v) is 10.3. The van der Waals surface area contributed by atoms with Crippen LogP contribution < -0.4 is 11.1 Å². The molecule has 0 radical (unpaired) electrons. The van der Waals surface area contributed by atoms with Gasteiger partial charge in [0.05, 0.1) is 5.56 Å². The summed E-state index contributed by atoms with van der Waals surface area (Å²) in [5, 5.41) is 3.28. The van der Waals surface area contributed by atoms with Crippen molar-refractivity contribution in [3.05, 3.63) is 29.6 Å². The van der Waals surface area contributed by atoms with Crippen LogP contribution in [0.5, 0.6) is 0 Å². The Bertz CT molecular complexity index is 388. The van der Waals surface area contributed by atoms with Gasteiger partial charge in [0.1, 0.15) is 5.69 Å². The van der Waals surface area contributed by atoms with Gasteiger partial charge in [-0.15, -0.1) is 0 Å². The molecular formula is C12H16F3N3O. The summed E-state index contributed by atoms with van der Waals surface area (Å²) in [5.74, 6) is -0.804. The Kier molecular flexibility index (Phi) is 5.75. The van der Waals surface area contributed by atoms with Gasteiger partial charge in [0.15, 0.2) is 0 Å². The van der Waals surface area contributed by atoms with Gasteiger partial charge in [0.25, 0.3) is 0 Å². The molecule has 1 aliphatic rings. The van der Waals surface area contributed by atoms with Crippen molar-refractivity contribution in [2.24, 2.45) is 5.73 Å². The molecule has 0 aliphatic carbocycles. The summed E-state index contributed by atoms with van der Waals surface area (Å²) in [4.78, 5) is 13.5. The predicted molar refractivity (Wildman–Crippen MR) is 64.5 cm³/mol. The third kappa shape index (κ3) is 5.69. The van der Waals surface area contributed by atoms with Gasteiger partial charge in [-0.2, -0.15) is 13.2 Å². The van der Waals surface area contributed by atoms with Gasteiger partial charge in [-0.25, -0.2) is 0 Å². The molecule has 0 saturated carbocycles. The van der Waals surface area contributed by atoms with Crippen LogP contribution in [0.25, 0.3) is 0 Å². The van der Waals surface area contributed by atoms with E-state index in [4.69, 9.17) is 5.73 Å². The van der Waals surface area contributed by atoms with Gasteiger partial charge in [0, 0.05) is 6.20 Å². The fraction of sp³-hybridized carbons (Fsp3) is 0.500. The van der Waals surface area contributed by atoms with Crippen molar-refractivity contribution in [2.45, 2.75) is 25.4 Å². The molecule has 0 bridgehead atoms. The highest BCUT2D eigenvalue weighted by Gasteiger charge is 2.32. The van der Waals surface area contributed by atoms with Crippen molar-refractivity contribution in [3.63, 3.8) is 0 Å². The summed E-state index contributed by atoms with van der Waals surface area (Å²) < 4.78 is 35.8. The van der Waals surface area contributed by atoms with Gasteiger partial charge in [-0.3, -0.25) is 9.78 Å². The maximum absolute atomic E-state index is 11.9. The number of nitrogens with two attached hydrogens (primary N) is 1. The van der Waals surface area contributed by atoms with Crippen LogP contribution in [0.15, 0.2) is 18.3 Å². The van der Waals surface area contributed by atoms with E-state index in [2.05, 4.69) is 10.3 Å². The topological polar surface area (TPSA) is 68.0 Å². The molecule has 7 heteroatoms. The quantitative estimate of drug-likeness (QED) is 0.823. The van der Waals surface area contributed by atoms with Crippen LogP contribution in [0.2, 0.25) is 0 Å². The minimum Gasteiger partial charge on any atom is -0.366 e. The van der Waals surface area contributed by atoms with E-state index in [9.17, 15) is 18.0 Å². The summed E-state index contributed by atoms with van der Waals surface area (Å²) in [7, 11) is 0. The van der Waals surface area contributed by atoms with E-state index in [1.807, 2.05) is 0 Å². The van der Waals surface area contributed by atoms with Gasteiger partial charge in [0.2, 0.25) is 5.91 Å². The number of pyridine rings is 1. The van der Waals surface area contributed by atoms with Crippen LogP contribution in [0.3, 0.4) is 0 Å². The van der Waals surface area contributed by atoms with Gasteiger partial charge in [-0.1, -0.05) is 6.42 Å². The average Bonchev–Trinajstić information content (AvgIpc) is 2.40. The van der Waals surface area contributed by atoms with E-state index in [0.717, 1.165) is 12.3 Å². The number of nitrogens with one attached hydrogen (secondary N) is 1.